The van der Waals surface area contributed by atoms with E-state index in [-0.39, 0.29) is 25.0 Å². The fourth-order valence-corrected chi connectivity index (χ4v) is 0.885. The van der Waals surface area contributed by atoms with Crippen LogP contribution in [0.25, 0.3) is 0 Å². The number of nitrogens with one attached hydrogen (secondary N) is 1. The highest BCUT2D eigenvalue weighted by molar-refractivity contribution is 9.09. The summed E-state index contributed by atoms with van der Waals surface area (Å²) in [5.41, 5.74) is 0. The lowest BCUT2D eigenvalue weighted by molar-refractivity contribution is -0.123. The Morgan fingerprint density at radius 1 is 1.57 bits per heavy atom. The quantitative estimate of drug-likeness (QED) is 0.565. The first kappa shape index (κ1) is 13.8. The molecule has 0 saturated heterocycles. The lowest BCUT2D eigenvalue weighted by Crippen LogP contribution is -2.34. The van der Waals surface area contributed by atoms with E-state index < -0.39 is 13.0 Å². The third-order valence-electron chi connectivity index (χ3n) is 1.36. The molecule has 0 rings (SSSR count). The second-order valence-corrected chi connectivity index (χ2v) is 3.49. The minimum Gasteiger partial charge on any atom is -0.375 e. The van der Waals surface area contributed by atoms with Crippen LogP contribution in [-0.2, 0) is 9.53 Å². The fourth-order valence-electron chi connectivity index (χ4n) is 0.723. The molecule has 0 aliphatic rings. The molecule has 6 heteroatoms. The molecule has 0 aliphatic carbocycles. The Bertz CT molecular complexity index is 169. The van der Waals surface area contributed by atoms with Crippen LogP contribution in [0.5, 0.6) is 0 Å². The minimum absolute atomic E-state index is 0.0329. The average molecular weight is 274 g/mol. The number of hydrogen-bond donors (Lipinski definition) is 1. The molecule has 0 spiro atoms. The van der Waals surface area contributed by atoms with Gasteiger partial charge in [0.2, 0.25) is 5.91 Å². The van der Waals surface area contributed by atoms with E-state index in [9.17, 15) is 13.6 Å². The van der Waals surface area contributed by atoms with Crippen molar-refractivity contribution in [1.29, 1.82) is 0 Å². The summed E-state index contributed by atoms with van der Waals surface area (Å²) in [5.74, 6) is -0.189. The van der Waals surface area contributed by atoms with Gasteiger partial charge >= 0.3 is 0 Å². The Hall–Kier alpha value is -0.230. The third-order valence-corrected chi connectivity index (χ3v) is 2.33. The molecule has 0 saturated carbocycles. The number of rotatable bonds is 7. The van der Waals surface area contributed by atoms with E-state index in [2.05, 4.69) is 26.0 Å². The zero-order chi connectivity index (χ0) is 11.0. The molecule has 0 aromatic rings. The fraction of sp³-hybridized carbons (Fsp3) is 0.875. The molecule has 1 N–H and O–H groups in total. The van der Waals surface area contributed by atoms with Crippen molar-refractivity contribution in [3.05, 3.63) is 0 Å². The Labute approximate surface area is 90.3 Å². The Morgan fingerprint density at radius 2 is 2.21 bits per heavy atom. The predicted octanol–water partition coefficient (Wildman–Crippen LogP) is 1.56. The molecule has 14 heavy (non-hydrogen) atoms. The van der Waals surface area contributed by atoms with Crippen LogP contribution >= 0.6 is 15.9 Å². The van der Waals surface area contributed by atoms with Crippen LogP contribution in [0.4, 0.5) is 8.78 Å². The Kier molecular flexibility index (Phi) is 7.98. The van der Waals surface area contributed by atoms with Crippen LogP contribution in [0, 0.1) is 0 Å². The van der Waals surface area contributed by atoms with Crippen molar-refractivity contribution in [2.24, 2.45) is 0 Å². The van der Waals surface area contributed by atoms with Gasteiger partial charge in [0.05, 0.1) is 6.61 Å². The molecule has 1 atom stereocenters. The van der Waals surface area contributed by atoms with Crippen LogP contribution in [-0.4, -0.2) is 36.9 Å². The number of carbonyl (C=O) groups excluding carboxylic acids is 1. The van der Waals surface area contributed by atoms with E-state index >= 15 is 0 Å². The number of halogens is 3. The van der Waals surface area contributed by atoms with Crippen LogP contribution in [0.2, 0.25) is 0 Å². The van der Waals surface area contributed by atoms with E-state index in [4.69, 9.17) is 0 Å². The first-order valence-corrected chi connectivity index (χ1v) is 5.39. The maximum atomic E-state index is 11.6. The van der Waals surface area contributed by atoms with Gasteiger partial charge in [-0.15, -0.1) is 0 Å². The number of ether oxygens (including phenoxy) is 1. The smallest absolute Gasteiger partial charge is 0.261 e. The summed E-state index contributed by atoms with van der Waals surface area (Å²) < 4.78 is 27.7. The molecule has 0 aromatic heterocycles. The van der Waals surface area contributed by atoms with E-state index in [1.165, 1.54) is 0 Å². The van der Waals surface area contributed by atoms with Gasteiger partial charge in [0, 0.05) is 17.8 Å². The molecule has 0 aromatic carbocycles. The number of amides is 1. The van der Waals surface area contributed by atoms with Gasteiger partial charge in [-0.3, -0.25) is 4.79 Å². The summed E-state index contributed by atoms with van der Waals surface area (Å²) in [6.07, 6.45) is -2.36. The van der Waals surface area contributed by atoms with E-state index in [1.807, 2.05) is 6.92 Å². The van der Waals surface area contributed by atoms with Crippen LogP contribution in [0.1, 0.15) is 13.3 Å². The van der Waals surface area contributed by atoms with E-state index in [1.54, 1.807) is 0 Å². The molecule has 0 fully saturated rings. The maximum absolute atomic E-state index is 11.6. The first-order chi connectivity index (χ1) is 6.56. The predicted molar refractivity (Wildman–Crippen MR) is 52.8 cm³/mol. The van der Waals surface area contributed by atoms with Crippen molar-refractivity contribution in [3.63, 3.8) is 0 Å². The lowest BCUT2D eigenvalue weighted by atomic mass is 10.3. The van der Waals surface area contributed by atoms with Crippen molar-refractivity contribution in [3.8, 4) is 0 Å². The highest BCUT2D eigenvalue weighted by atomic mass is 79.9. The van der Waals surface area contributed by atoms with Gasteiger partial charge in [0.25, 0.3) is 6.43 Å². The zero-order valence-corrected chi connectivity index (χ0v) is 9.52. The third kappa shape index (κ3) is 8.37. The zero-order valence-electron chi connectivity index (χ0n) is 7.93. The van der Waals surface area contributed by atoms with Gasteiger partial charge in [-0.1, -0.05) is 15.9 Å². The SMILES string of the molecule is CC(CBr)NC(=O)CCOCC(F)F. The summed E-state index contributed by atoms with van der Waals surface area (Å²) in [6.45, 7) is 1.26. The first-order valence-electron chi connectivity index (χ1n) is 4.27. The van der Waals surface area contributed by atoms with Gasteiger partial charge in [0.15, 0.2) is 0 Å². The van der Waals surface area contributed by atoms with Gasteiger partial charge in [-0.05, 0) is 6.92 Å². The molecule has 0 bridgehead atoms. The summed E-state index contributed by atoms with van der Waals surface area (Å²) in [5, 5.41) is 3.33. The number of carbonyl (C=O) groups is 1. The van der Waals surface area contributed by atoms with Crippen molar-refractivity contribution < 1.29 is 18.3 Å². The largest absolute Gasteiger partial charge is 0.375 e. The summed E-state index contributed by atoms with van der Waals surface area (Å²) in [4.78, 5) is 11.1. The highest BCUT2D eigenvalue weighted by Gasteiger charge is 2.06. The van der Waals surface area contributed by atoms with Crippen LogP contribution < -0.4 is 5.32 Å². The molecular weight excluding hydrogens is 260 g/mol. The Balaban J connectivity index is 3.36. The summed E-state index contributed by atoms with van der Waals surface area (Å²) in [7, 11) is 0. The number of hydrogen-bond acceptors (Lipinski definition) is 2. The molecule has 0 radical (unpaired) electrons. The molecular formula is C8H14BrF2NO2. The molecule has 0 heterocycles. The monoisotopic (exact) mass is 273 g/mol. The van der Waals surface area contributed by atoms with Crippen LogP contribution in [0.15, 0.2) is 0 Å². The van der Waals surface area contributed by atoms with E-state index in [0.717, 1.165) is 0 Å². The normalized spacial score (nSPS) is 12.9. The van der Waals surface area contributed by atoms with Crippen molar-refractivity contribution in [1.82, 2.24) is 5.32 Å². The van der Waals surface area contributed by atoms with Gasteiger partial charge < -0.3 is 10.1 Å². The lowest BCUT2D eigenvalue weighted by Gasteiger charge is -2.10. The highest BCUT2D eigenvalue weighted by Crippen LogP contribution is 1.94. The van der Waals surface area contributed by atoms with Gasteiger partial charge in [-0.25, -0.2) is 8.78 Å². The topological polar surface area (TPSA) is 38.3 Å². The standard InChI is InChI=1S/C8H14BrF2NO2/c1-6(4-9)12-8(13)2-3-14-5-7(10)11/h6-7H,2-5H2,1H3,(H,12,13). The molecule has 1 unspecified atom stereocenters. The van der Waals surface area contributed by atoms with Gasteiger partial charge in [-0.2, -0.15) is 0 Å². The Morgan fingerprint density at radius 3 is 2.71 bits per heavy atom. The minimum atomic E-state index is -2.47. The van der Waals surface area contributed by atoms with Crippen LogP contribution in [0.3, 0.4) is 0 Å². The van der Waals surface area contributed by atoms with E-state index in [0.29, 0.717) is 5.33 Å². The average Bonchev–Trinajstić information content (AvgIpc) is 2.12. The second-order valence-electron chi connectivity index (χ2n) is 2.84. The van der Waals surface area contributed by atoms with Crippen molar-refractivity contribution in [2.75, 3.05) is 18.5 Å². The molecule has 84 valence electrons. The molecule has 0 aliphatic heterocycles. The van der Waals surface area contributed by atoms with Crippen molar-refractivity contribution >= 4 is 21.8 Å². The summed E-state index contributed by atoms with van der Waals surface area (Å²) in [6, 6.07) is 0.0394. The van der Waals surface area contributed by atoms with Crippen molar-refractivity contribution in [2.45, 2.75) is 25.8 Å². The maximum Gasteiger partial charge on any atom is 0.261 e. The number of alkyl halides is 3. The molecule has 3 nitrogen and oxygen atoms in total. The summed E-state index contributed by atoms with van der Waals surface area (Å²) >= 11 is 3.20. The molecule has 1 amide bonds. The second kappa shape index (κ2) is 8.11. The van der Waals surface area contributed by atoms with Gasteiger partial charge in [0.1, 0.15) is 6.61 Å².